The van der Waals surface area contributed by atoms with Gasteiger partial charge in [-0.3, -0.25) is 0 Å². The third kappa shape index (κ3) is 2.17. The number of benzene rings is 1. The van der Waals surface area contributed by atoms with Crippen LogP contribution in [-0.2, 0) is 4.74 Å². The molecule has 2 heterocycles. The lowest BCUT2D eigenvalue weighted by Gasteiger charge is -2.38. The fourth-order valence-corrected chi connectivity index (χ4v) is 4.73. The highest BCUT2D eigenvalue weighted by Gasteiger charge is 2.42. The molecule has 0 unspecified atom stereocenters. The number of aromatic nitrogens is 2. The molecule has 1 saturated heterocycles. The van der Waals surface area contributed by atoms with Crippen LogP contribution in [0.5, 0.6) is 0 Å². The molecule has 2 aliphatic rings. The van der Waals surface area contributed by atoms with Crippen molar-refractivity contribution in [2.24, 2.45) is 11.8 Å². The molecular formula is C18H25N3O. The maximum atomic E-state index is 5.91. The summed E-state index contributed by atoms with van der Waals surface area (Å²) in [6.07, 6.45) is 2.67. The Morgan fingerprint density at radius 2 is 1.86 bits per heavy atom. The number of methoxy groups -OCH3 is 1. The molecule has 2 fully saturated rings. The van der Waals surface area contributed by atoms with Crippen molar-refractivity contribution >= 4 is 11.0 Å². The maximum Gasteiger partial charge on any atom is 0.107 e. The second-order valence-electron chi connectivity index (χ2n) is 7.07. The summed E-state index contributed by atoms with van der Waals surface area (Å²) in [4.78, 5) is 7.23. The molecule has 0 bridgehead atoms. The van der Waals surface area contributed by atoms with Crippen LogP contribution in [0.3, 0.4) is 0 Å². The number of rotatable bonds is 2. The van der Waals surface area contributed by atoms with Crippen LogP contribution >= 0.6 is 0 Å². The van der Waals surface area contributed by atoms with E-state index < -0.39 is 0 Å². The van der Waals surface area contributed by atoms with Crippen LogP contribution in [0.15, 0.2) is 24.3 Å². The van der Waals surface area contributed by atoms with Gasteiger partial charge in [0.2, 0.25) is 0 Å². The normalized spacial score (nSPS) is 32.5. The van der Waals surface area contributed by atoms with E-state index in [1.54, 1.807) is 0 Å². The minimum absolute atomic E-state index is 0.295. The van der Waals surface area contributed by atoms with Gasteiger partial charge in [-0.2, -0.15) is 0 Å². The number of aryl methyl sites for hydroxylation is 1. The zero-order chi connectivity index (χ0) is 15.3. The highest BCUT2D eigenvalue weighted by atomic mass is 16.5. The largest absolute Gasteiger partial charge is 0.379 e. The summed E-state index contributed by atoms with van der Waals surface area (Å²) in [5.74, 6) is 2.70. The van der Waals surface area contributed by atoms with Crippen LogP contribution in [-0.4, -0.2) is 47.8 Å². The second-order valence-corrected chi connectivity index (χ2v) is 7.07. The summed E-state index contributed by atoms with van der Waals surface area (Å²) < 4.78 is 8.34. The first-order chi connectivity index (χ1) is 10.7. The van der Waals surface area contributed by atoms with Crippen molar-refractivity contribution in [1.82, 2.24) is 14.5 Å². The van der Waals surface area contributed by atoms with Gasteiger partial charge in [0.15, 0.2) is 0 Å². The summed E-state index contributed by atoms with van der Waals surface area (Å²) in [5, 5.41) is 0. The molecular weight excluding hydrogens is 274 g/mol. The first-order valence-corrected chi connectivity index (χ1v) is 8.32. The number of likely N-dealkylation sites (tertiary alicyclic amines) is 1. The second kappa shape index (κ2) is 5.36. The van der Waals surface area contributed by atoms with Crippen LogP contribution in [0.4, 0.5) is 0 Å². The van der Waals surface area contributed by atoms with Gasteiger partial charge >= 0.3 is 0 Å². The van der Waals surface area contributed by atoms with E-state index in [4.69, 9.17) is 9.72 Å². The predicted octanol–water partition coefficient (Wildman–Crippen LogP) is 2.87. The lowest BCUT2D eigenvalue weighted by Crippen LogP contribution is -2.37. The molecule has 4 rings (SSSR count). The molecule has 1 aromatic carbocycles. The highest BCUT2D eigenvalue weighted by Crippen LogP contribution is 2.43. The van der Waals surface area contributed by atoms with Crippen molar-refractivity contribution in [2.75, 3.05) is 27.2 Å². The third-order valence-corrected chi connectivity index (χ3v) is 5.67. The van der Waals surface area contributed by atoms with Gasteiger partial charge in [-0.25, -0.2) is 4.98 Å². The Balaban J connectivity index is 1.74. The van der Waals surface area contributed by atoms with Crippen LogP contribution in [0.2, 0.25) is 0 Å². The van der Waals surface area contributed by atoms with Gasteiger partial charge in [0, 0.05) is 20.2 Å². The Morgan fingerprint density at radius 3 is 2.64 bits per heavy atom. The van der Waals surface area contributed by atoms with Crippen molar-refractivity contribution in [3.05, 3.63) is 30.1 Å². The van der Waals surface area contributed by atoms with E-state index in [0.717, 1.165) is 23.2 Å². The van der Waals surface area contributed by atoms with Gasteiger partial charge in [-0.15, -0.1) is 0 Å². The van der Waals surface area contributed by atoms with Gasteiger partial charge in [0.1, 0.15) is 5.82 Å². The lowest BCUT2D eigenvalue weighted by molar-refractivity contribution is -0.0000615. The van der Waals surface area contributed by atoms with Crippen molar-refractivity contribution in [2.45, 2.75) is 31.9 Å². The summed E-state index contributed by atoms with van der Waals surface area (Å²) >= 11 is 0. The minimum Gasteiger partial charge on any atom is -0.379 e. The van der Waals surface area contributed by atoms with E-state index in [-0.39, 0.29) is 0 Å². The van der Waals surface area contributed by atoms with E-state index in [1.807, 2.05) is 7.11 Å². The van der Waals surface area contributed by atoms with Crippen molar-refractivity contribution in [3.8, 4) is 0 Å². The van der Waals surface area contributed by atoms with Gasteiger partial charge in [0.25, 0.3) is 0 Å². The van der Waals surface area contributed by atoms with Crippen LogP contribution in [0, 0.1) is 18.8 Å². The molecule has 4 heteroatoms. The van der Waals surface area contributed by atoms with Crippen molar-refractivity contribution < 1.29 is 4.74 Å². The molecule has 118 valence electrons. The molecule has 0 radical (unpaired) electrons. The molecule has 0 amide bonds. The Bertz CT molecular complexity index is 680. The molecule has 22 heavy (non-hydrogen) atoms. The smallest absolute Gasteiger partial charge is 0.107 e. The summed E-state index contributed by atoms with van der Waals surface area (Å²) in [7, 11) is 4.11. The molecule has 4 atom stereocenters. The Hall–Kier alpha value is -1.39. The average Bonchev–Trinajstić information content (AvgIpc) is 3.03. The monoisotopic (exact) mass is 299 g/mol. The topological polar surface area (TPSA) is 30.3 Å². The number of para-hydroxylation sites is 2. The molecule has 0 spiro atoms. The number of hydrogen-bond acceptors (Lipinski definition) is 3. The fourth-order valence-electron chi connectivity index (χ4n) is 4.73. The number of hydrogen-bond donors (Lipinski definition) is 0. The maximum absolute atomic E-state index is 5.91. The van der Waals surface area contributed by atoms with Gasteiger partial charge in [-0.1, -0.05) is 12.1 Å². The van der Waals surface area contributed by atoms with Crippen molar-refractivity contribution in [3.63, 3.8) is 0 Å². The number of nitrogens with zero attached hydrogens (tertiary/aromatic N) is 3. The fraction of sp³-hybridized carbons (Fsp3) is 0.611. The number of fused-ring (bicyclic) bond motifs is 2. The Labute approximate surface area is 132 Å². The molecule has 0 N–H and O–H groups in total. The summed E-state index contributed by atoms with van der Waals surface area (Å²) in [6.45, 7) is 4.57. The standard InChI is InChI=1S/C18H25N3O/c1-12-19-15-6-4-5-7-16(15)21(12)17-8-13-10-20(2)11-14(13)9-18(17)22-3/h4-7,13-14,17-18H,8-11H2,1-3H3/t13-,14+,17-,18-/m0/s1. The van der Waals surface area contributed by atoms with Gasteiger partial charge in [-0.05, 0) is 50.8 Å². The van der Waals surface area contributed by atoms with Gasteiger partial charge in [0.05, 0.1) is 23.2 Å². The summed E-state index contributed by atoms with van der Waals surface area (Å²) in [6, 6.07) is 8.88. The summed E-state index contributed by atoms with van der Waals surface area (Å²) in [5.41, 5.74) is 2.34. The lowest BCUT2D eigenvalue weighted by atomic mass is 9.77. The van der Waals surface area contributed by atoms with E-state index in [0.29, 0.717) is 12.1 Å². The third-order valence-electron chi connectivity index (χ3n) is 5.67. The highest BCUT2D eigenvalue weighted by molar-refractivity contribution is 5.76. The molecule has 1 aliphatic heterocycles. The molecule has 2 aromatic rings. The number of imidazole rings is 1. The van der Waals surface area contributed by atoms with Crippen molar-refractivity contribution in [1.29, 1.82) is 0 Å². The van der Waals surface area contributed by atoms with Crippen LogP contribution in [0.1, 0.15) is 24.7 Å². The van der Waals surface area contributed by atoms with E-state index in [1.165, 1.54) is 31.4 Å². The van der Waals surface area contributed by atoms with E-state index in [2.05, 4.69) is 47.7 Å². The quantitative estimate of drug-likeness (QED) is 0.854. The van der Waals surface area contributed by atoms with E-state index in [9.17, 15) is 0 Å². The van der Waals surface area contributed by atoms with Gasteiger partial charge < -0.3 is 14.2 Å². The Kier molecular flexibility index (Phi) is 3.46. The molecule has 1 aliphatic carbocycles. The molecule has 4 nitrogen and oxygen atoms in total. The predicted molar refractivity (Wildman–Crippen MR) is 88.0 cm³/mol. The zero-order valence-electron chi connectivity index (χ0n) is 13.7. The van der Waals surface area contributed by atoms with E-state index >= 15 is 0 Å². The van der Waals surface area contributed by atoms with Crippen LogP contribution < -0.4 is 0 Å². The number of ether oxygens (including phenoxy) is 1. The Morgan fingerprint density at radius 1 is 1.14 bits per heavy atom. The minimum atomic E-state index is 0.295. The SMILES string of the molecule is CO[C@H]1C[C@@H]2CN(C)C[C@@H]2C[C@@H]1n1c(C)nc2ccccc21. The molecule has 1 saturated carbocycles. The first-order valence-electron chi connectivity index (χ1n) is 8.32. The van der Waals surface area contributed by atoms with Crippen LogP contribution in [0.25, 0.3) is 11.0 Å². The molecule has 1 aromatic heterocycles. The average molecular weight is 299 g/mol. The zero-order valence-corrected chi connectivity index (χ0v) is 13.7. The first kappa shape index (κ1) is 14.2.